The summed E-state index contributed by atoms with van der Waals surface area (Å²) < 4.78 is 0. The van der Waals surface area contributed by atoms with Crippen molar-refractivity contribution in [3.05, 3.63) is 0 Å². The molecule has 0 saturated carbocycles. The van der Waals surface area contributed by atoms with Crippen LogP contribution < -0.4 is 5.32 Å². The molecule has 1 rings (SSSR count). The molecule has 1 N–H and O–H groups in total. The summed E-state index contributed by atoms with van der Waals surface area (Å²) in [6.45, 7) is 15.4. The van der Waals surface area contributed by atoms with E-state index in [9.17, 15) is 0 Å². The summed E-state index contributed by atoms with van der Waals surface area (Å²) in [6, 6.07) is 0.749. The van der Waals surface area contributed by atoms with E-state index in [0.717, 1.165) is 6.04 Å². The first-order chi connectivity index (χ1) is 8.80. The van der Waals surface area contributed by atoms with E-state index in [1.54, 1.807) is 0 Å². The van der Waals surface area contributed by atoms with Gasteiger partial charge in [0, 0.05) is 25.7 Å². The lowest BCUT2D eigenvalue weighted by molar-refractivity contribution is 0.199. The number of likely N-dealkylation sites (N-methyl/N-ethyl adjacent to an activating group) is 1. The van der Waals surface area contributed by atoms with Crippen molar-refractivity contribution in [1.82, 2.24) is 15.1 Å². The van der Waals surface area contributed by atoms with E-state index in [2.05, 4.69) is 35.9 Å². The van der Waals surface area contributed by atoms with E-state index in [1.165, 1.54) is 71.5 Å². The molecule has 0 spiro atoms. The van der Waals surface area contributed by atoms with Crippen LogP contribution in [-0.4, -0.2) is 61.7 Å². The number of rotatable bonds is 10. The summed E-state index contributed by atoms with van der Waals surface area (Å²) in [7, 11) is 0. The molecule has 0 aromatic heterocycles. The van der Waals surface area contributed by atoms with Crippen molar-refractivity contribution in [2.24, 2.45) is 0 Å². The molecule has 1 fully saturated rings. The van der Waals surface area contributed by atoms with Gasteiger partial charge in [0.25, 0.3) is 0 Å². The minimum Gasteiger partial charge on any atom is -0.313 e. The summed E-state index contributed by atoms with van der Waals surface area (Å²) in [4.78, 5) is 5.20. The Kier molecular flexibility index (Phi) is 8.64. The van der Waals surface area contributed by atoms with Crippen LogP contribution in [-0.2, 0) is 0 Å². The van der Waals surface area contributed by atoms with Crippen molar-refractivity contribution in [3.63, 3.8) is 0 Å². The Balaban J connectivity index is 2.28. The Hall–Kier alpha value is -0.120. The van der Waals surface area contributed by atoms with Crippen molar-refractivity contribution < 1.29 is 0 Å². The molecular weight excluding hydrogens is 222 g/mol. The maximum atomic E-state index is 3.62. The maximum absolute atomic E-state index is 3.62. The minimum atomic E-state index is 0.749. The molecule has 3 heteroatoms. The van der Waals surface area contributed by atoms with Gasteiger partial charge in [0.2, 0.25) is 0 Å². The number of unbranched alkanes of at least 4 members (excludes halogenated alkanes) is 1. The highest BCUT2D eigenvalue weighted by Gasteiger charge is 2.17. The Bertz CT molecular complexity index is 186. The van der Waals surface area contributed by atoms with Gasteiger partial charge >= 0.3 is 0 Å². The minimum absolute atomic E-state index is 0.749. The lowest BCUT2D eigenvalue weighted by atomic mass is 10.2. The molecule has 1 heterocycles. The Morgan fingerprint density at radius 1 is 1.00 bits per heavy atom. The van der Waals surface area contributed by atoms with Gasteiger partial charge in [-0.05, 0) is 45.4 Å². The third-order valence-electron chi connectivity index (χ3n) is 4.10. The average molecular weight is 255 g/mol. The molecule has 1 aliphatic rings. The second-order valence-electron chi connectivity index (χ2n) is 5.47. The lowest BCUT2D eigenvalue weighted by Gasteiger charge is -2.28. The van der Waals surface area contributed by atoms with Crippen molar-refractivity contribution in [3.8, 4) is 0 Å². The fourth-order valence-electron chi connectivity index (χ4n) is 2.72. The molecule has 1 unspecified atom stereocenters. The summed E-state index contributed by atoms with van der Waals surface area (Å²) in [5.41, 5.74) is 0. The van der Waals surface area contributed by atoms with Crippen LogP contribution in [0.1, 0.15) is 46.5 Å². The van der Waals surface area contributed by atoms with E-state index in [4.69, 9.17) is 0 Å². The van der Waals surface area contributed by atoms with E-state index >= 15 is 0 Å². The Morgan fingerprint density at radius 2 is 1.72 bits per heavy atom. The zero-order valence-corrected chi connectivity index (χ0v) is 12.7. The van der Waals surface area contributed by atoms with Gasteiger partial charge < -0.3 is 15.1 Å². The highest BCUT2D eigenvalue weighted by molar-refractivity contribution is 4.78. The fourth-order valence-corrected chi connectivity index (χ4v) is 2.72. The zero-order chi connectivity index (χ0) is 13.2. The number of nitrogens with zero attached hydrogens (tertiary/aromatic N) is 2. The van der Waals surface area contributed by atoms with Crippen molar-refractivity contribution in [1.29, 1.82) is 0 Å². The van der Waals surface area contributed by atoms with E-state index < -0.39 is 0 Å². The number of nitrogens with one attached hydrogen (secondary N) is 1. The van der Waals surface area contributed by atoms with Crippen LogP contribution in [0.15, 0.2) is 0 Å². The van der Waals surface area contributed by atoms with Crippen molar-refractivity contribution in [2.45, 2.75) is 52.5 Å². The van der Waals surface area contributed by atoms with Crippen molar-refractivity contribution in [2.75, 3.05) is 45.8 Å². The first-order valence-electron chi connectivity index (χ1n) is 7.98. The first kappa shape index (κ1) is 15.9. The summed E-state index contributed by atoms with van der Waals surface area (Å²) in [5.74, 6) is 0. The average Bonchev–Trinajstić information content (AvgIpc) is 2.89. The SMILES string of the molecule is CCCCN(CCN(CC)CC)CC1CCCN1. The van der Waals surface area contributed by atoms with Gasteiger partial charge in [0.1, 0.15) is 0 Å². The molecule has 0 radical (unpaired) electrons. The molecular formula is C15H33N3. The van der Waals surface area contributed by atoms with Crippen LogP contribution in [0.2, 0.25) is 0 Å². The second-order valence-corrected chi connectivity index (χ2v) is 5.47. The van der Waals surface area contributed by atoms with Gasteiger partial charge in [0.15, 0.2) is 0 Å². The third kappa shape index (κ3) is 6.17. The predicted octanol–water partition coefficient (Wildman–Crippen LogP) is 2.18. The lowest BCUT2D eigenvalue weighted by Crippen LogP contribution is -2.42. The van der Waals surface area contributed by atoms with E-state index in [1.807, 2.05) is 0 Å². The van der Waals surface area contributed by atoms with Gasteiger partial charge in [-0.3, -0.25) is 0 Å². The smallest absolute Gasteiger partial charge is 0.0195 e. The number of hydrogen-bond donors (Lipinski definition) is 1. The Morgan fingerprint density at radius 3 is 2.28 bits per heavy atom. The standard InChI is InChI=1S/C15H33N3/c1-4-7-11-18(13-12-17(5-2)6-3)14-15-9-8-10-16-15/h15-16H,4-14H2,1-3H3. The topological polar surface area (TPSA) is 18.5 Å². The van der Waals surface area contributed by atoms with Crippen LogP contribution in [0.25, 0.3) is 0 Å². The van der Waals surface area contributed by atoms with Crippen LogP contribution in [0.3, 0.4) is 0 Å². The molecule has 1 saturated heterocycles. The van der Waals surface area contributed by atoms with Gasteiger partial charge in [-0.2, -0.15) is 0 Å². The molecule has 0 aromatic carbocycles. The summed E-state index contributed by atoms with van der Waals surface area (Å²) in [6.07, 6.45) is 5.38. The van der Waals surface area contributed by atoms with E-state index in [0.29, 0.717) is 0 Å². The van der Waals surface area contributed by atoms with Crippen LogP contribution in [0.5, 0.6) is 0 Å². The van der Waals surface area contributed by atoms with Crippen LogP contribution in [0, 0.1) is 0 Å². The quantitative estimate of drug-likeness (QED) is 0.645. The van der Waals surface area contributed by atoms with Gasteiger partial charge in [0.05, 0.1) is 0 Å². The maximum Gasteiger partial charge on any atom is 0.0195 e. The molecule has 0 aliphatic carbocycles. The van der Waals surface area contributed by atoms with Crippen LogP contribution in [0.4, 0.5) is 0 Å². The predicted molar refractivity (Wildman–Crippen MR) is 80.2 cm³/mol. The molecule has 0 aromatic rings. The first-order valence-corrected chi connectivity index (χ1v) is 7.98. The fraction of sp³-hybridized carbons (Fsp3) is 1.00. The normalized spacial score (nSPS) is 20.2. The zero-order valence-electron chi connectivity index (χ0n) is 12.7. The molecule has 0 amide bonds. The summed E-state index contributed by atoms with van der Waals surface area (Å²) >= 11 is 0. The molecule has 1 atom stereocenters. The van der Waals surface area contributed by atoms with Gasteiger partial charge in [-0.15, -0.1) is 0 Å². The monoisotopic (exact) mass is 255 g/mol. The largest absolute Gasteiger partial charge is 0.313 e. The molecule has 3 nitrogen and oxygen atoms in total. The van der Waals surface area contributed by atoms with E-state index in [-0.39, 0.29) is 0 Å². The highest BCUT2D eigenvalue weighted by Crippen LogP contribution is 2.08. The molecule has 0 bridgehead atoms. The van der Waals surface area contributed by atoms with Gasteiger partial charge in [-0.25, -0.2) is 0 Å². The van der Waals surface area contributed by atoms with Crippen molar-refractivity contribution >= 4 is 0 Å². The highest BCUT2D eigenvalue weighted by atomic mass is 15.2. The summed E-state index contributed by atoms with van der Waals surface area (Å²) in [5, 5.41) is 3.62. The third-order valence-corrected chi connectivity index (χ3v) is 4.10. The molecule has 108 valence electrons. The molecule has 1 aliphatic heterocycles. The van der Waals surface area contributed by atoms with Gasteiger partial charge in [-0.1, -0.05) is 27.2 Å². The second kappa shape index (κ2) is 9.76. The Labute approximate surface area is 114 Å². The van der Waals surface area contributed by atoms with Crippen LogP contribution >= 0.6 is 0 Å². The number of hydrogen-bond acceptors (Lipinski definition) is 3. The molecule has 18 heavy (non-hydrogen) atoms.